The number of fused-ring (bicyclic) bond motifs is 1. The molecule has 1 atom stereocenters. The predicted octanol–water partition coefficient (Wildman–Crippen LogP) is 5.87. The van der Waals surface area contributed by atoms with Crippen molar-refractivity contribution in [1.82, 2.24) is 4.40 Å². The normalized spacial score (nSPS) is 12.9. The molecule has 5 nitrogen and oxygen atoms in total. The van der Waals surface area contributed by atoms with Crippen molar-refractivity contribution in [2.45, 2.75) is 41.7 Å². The van der Waals surface area contributed by atoms with E-state index in [1.54, 1.807) is 17.4 Å². The zero-order chi connectivity index (χ0) is 22.4. The van der Waals surface area contributed by atoms with Crippen LogP contribution >= 0.6 is 35.0 Å². The minimum Gasteiger partial charge on any atom is -0.458 e. The number of pyridine rings is 1. The topological polar surface area (TPSA) is 64.9 Å². The van der Waals surface area contributed by atoms with Gasteiger partial charge in [0.1, 0.15) is 6.10 Å². The fourth-order valence-corrected chi connectivity index (χ4v) is 5.39. The summed E-state index contributed by atoms with van der Waals surface area (Å²) in [5.41, 5.74) is 2.05. The van der Waals surface area contributed by atoms with Crippen molar-refractivity contribution in [3.8, 4) is 0 Å². The molecule has 0 aliphatic heterocycles. The van der Waals surface area contributed by atoms with Crippen molar-refractivity contribution < 1.29 is 22.3 Å². The Morgan fingerprint density at radius 3 is 2.47 bits per heavy atom. The molecule has 0 saturated heterocycles. The van der Waals surface area contributed by atoms with E-state index in [1.165, 1.54) is 43.1 Å². The number of nitrogens with zero attached hydrogens (tertiary/aromatic N) is 1. The lowest BCUT2D eigenvalue weighted by Crippen LogP contribution is -2.05. The Hall–Kier alpha value is -1.74. The maximum atomic E-state index is 14.2. The highest BCUT2D eigenvalue weighted by atomic mass is 35.5. The molecule has 0 N–H and O–H groups in total. The van der Waals surface area contributed by atoms with E-state index >= 15 is 0 Å². The van der Waals surface area contributed by atoms with Crippen LogP contribution in [0, 0.1) is 12.7 Å². The van der Waals surface area contributed by atoms with E-state index < -0.39 is 27.7 Å². The van der Waals surface area contributed by atoms with Crippen LogP contribution in [0.3, 0.4) is 0 Å². The average Bonchev–Trinajstić information content (AvgIpc) is 2.87. The average molecular weight is 490 g/mol. The van der Waals surface area contributed by atoms with Crippen molar-refractivity contribution in [3.05, 3.63) is 57.5 Å². The fraction of sp³-hybridized carbons (Fsp3) is 0.250. The first kappa shape index (κ1) is 22.9. The SMILES string of the molecule is CC(=O)OC(C)c1c(C)c(Sc2ccc(S(C)(=O)=O)cc2Cl)n2cc(F)c(Cl)cc12. The van der Waals surface area contributed by atoms with Gasteiger partial charge in [-0.2, -0.15) is 0 Å². The number of hydrogen-bond acceptors (Lipinski definition) is 5. The van der Waals surface area contributed by atoms with Gasteiger partial charge in [0.2, 0.25) is 0 Å². The lowest BCUT2D eigenvalue weighted by atomic mass is 10.1. The van der Waals surface area contributed by atoms with Gasteiger partial charge >= 0.3 is 5.97 Å². The summed E-state index contributed by atoms with van der Waals surface area (Å²) >= 11 is 13.6. The van der Waals surface area contributed by atoms with Gasteiger partial charge < -0.3 is 9.14 Å². The molecule has 10 heteroatoms. The molecule has 1 aromatic carbocycles. The number of sulfone groups is 1. The molecule has 30 heavy (non-hydrogen) atoms. The molecule has 3 rings (SSSR count). The van der Waals surface area contributed by atoms with E-state index in [-0.39, 0.29) is 14.9 Å². The van der Waals surface area contributed by atoms with E-state index in [1.807, 2.05) is 6.92 Å². The number of carbonyl (C=O) groups excluding carboxylic acids is 1. The second kappa shape index (κ2) is 8.42. The summed E-state index contributed by atoms with van der Waals surface area (Å²) in [7, 11) is -3.40. The third-order valence-electron chi connectivity index (χ3n) is 4.50. The third kappa shape index (κ3) is 4.46. The number of ether oxygens (including phenoxy) is 1. The van der Waals surface area contributed by atoms with Crippen LogP contribution in [0.1, 0.15) is 31.1 Å². The Labute approximate surface area is 188 Å². The molecule has 0 spiro atoms. The summed E-state index contributed by atoms with van der Waals surface area (Å²) in [5.74, 6) is -1.05. The van der Waals surface area contributed by atoms with Crippen LogP contribution in [0.25, 0.3) is 5.52 Å². The van der Waals surface area contributed by atoms with E-state index in [2.05, 4.69) is 0 Å². The molecule has 3 aromatic rings. The first-order chi connectivity index (χ1) is 13.9. The number of aromatic nitrogens is 1. The van der Waals surface area contributed by atoms with Gasteiger partial charge in [-0.15, -0.1) is 0 Å². The van der Waals surface area contributed by atoms with Crippen molar-refractivity contribution in [2.75, 3.05) is 6.26 Å². The summed E-state index contributed by atoms with van der Waals surface area (Å²) in [6.07, 6.45) is 1.78. The number of benzene rings is 1. The second-order valence-electron chi connectivity index (χ2n) is 6.79. The molecular weight excluding hydrogens is 472 g/mol. The Balaban J connectivity index is 2.18. The zero-order valence-corrected chi connectivity index (χ0v) is 19.6. The summed E-state index contributed by atoms with van der Waals surface area (Å²) in [5, 5.41) is 0.841. The van der Waals surface area contributed by atoms with Gasteiger partial charge in [-0.25, -0.2) is 12.8 Å². The molecule has 0 aliphatic rings. The Morgan fingerprint density at radius 2 is 1.90 bits per heavy atom. The smallest absolute Gasteiger partial charge is 0.303 e. The third-order valence-corrected chi connectivity index (χ3v) is 7.60. The maximum Gasteiger partial charge on any atom is 0.303 e. The second-order valence-corrected chi connectivity index (χ2v) is 10.6. The van der Waals surface area contributed by atoms with Gasteiger partial charge in [0.05, 0.1) is 25.5 Å². The monoisotopic (exact) mass is 489 g/mol. The van der Waals surface area contributed by atoms with Gasteiger partial charge in [0, 0.05) is 29.8 Å². The minimum atomic E-state index is -3.40. The molecule has 1 unspecified atom stereocenters. The molecular formula is C20H18Cl2FNO4S2. The largest absolute Gasteiger partial charge is 0.458 e. The Bertz CT molecular complexity index is 1270. The molecule has 160 valence electrons. The first-order valence-electron chi connectivity index (χ1n) is 8.74. The van der Waals surface area contributed by atoms with Crippen LogP contribution in [-0.2, 0) is 19.4 Å². The zero-order valence-electron chi connectivity index (χ0n) is 16.5. The van der Waals surface area contributed by atoms with Crippen LogP contribution in [0.4, 0.5) is 4.39 Å². The van der Waals surface area contributed by atoms with E-state index in [0.717, 1.165) is 11.8 Å². The number of esters is 1. The number of rotatable bonds is 5. The number of hydrogen-bond donors (Lipinski definition) is 0. The quantitative estimate of drug-likeness (QED) is 0.419. The molecule has 2 aromatic heterocycles. The highest BCUT2D eigenvalue weighted by Gasteiger charge is 2.24. The standard InChI is InChI=1S/C20H18Cl2FNO4S2/c1-10-19(11(2)28-12(3)25)17-8-14(21)16(23)9-24(17)20(10)29-18-6-5-13(7-15(18)22)30(4,26)27/h5-9,11H,1-4H3. The minimum absolute atomic E-state index is 0.0524. The lowest BCUT2D eigenvalue weighted by Gasteiger charge is -2.12. The van der Waals surface area contributed by atoms with Crippen LogP contribution in [0.15, 0.2) is 45.3 Å². The molecule has 0 radical (unpaired) electrons. The summed E-state index contributed by atoms with van der Waals surface area (Å²) in [6, 6.07) is 5.93. The molecule has 0 saturated carbocycles. The van der Waals surface area contributed by atoms with E-state index in [4.69, 9.17) is 27.9 Å². The highest BCUT2D eigenvalue weighted by Crippen LogP contribution is 2.42. The van der Waals surface area contributed by atoms with Crippen molar-refractivity contribution in [3.63, 3.8) is 0 Å². The number of carbonyl (C=O) groups is 1. The van der Waals surface area contributed by atoms with Crippen LogP contribution in [-0.4, -0.2) is 25.0 Å². The summed E-state index contributed by atoms with van der Waals surface area (Å²) in [6.45, 7) is 4.87. The van der Waals surface area contributed by atoms with Crippen molar-refractivity contribution in [1.29, 1.82) is 0 Å². The molecule has 0 aliphatic carbocycles. The molecule has 2 heterocycles. The van der Waals surface area contributed by atoms with Gasteiger partial charge in [-0.05, 0) is 43.7 Å². The van der Waals surface area contributed by atoms with Crippen molar-refractivity contribution in [2.24, 2.45) is 0 Å². The van der Waals surface area contributed by atoms with Crippen molar-refractivity contribution >= 4 is 56.3 Å². The van der Waals surface area contributed by atoms with Gasteiger partial charge in [0.25, 0.3) is 0 Å². The Kier molecular flexibility index (Phi) is 6.43. The maximum absolute atomic E-state index is 14.2. The van der Waals surface area contributed by atoms with Crippen LogP contribution in [0.2, 0.25) is 10.0 Å². The number of halogens is 3. The van der Waals surface area contributed by atoms with Crippen LogP contribution < -0.4 is 0 Å². The Morgan fingerprint density at radius 1 is 1.23 bits per heavy atom. The molecule has 0 bridgehead atoms. The van der Waals surface area contributed by atoms with Gasteiger partial charge in [-0.1, -0.05) is 35.0 Å². The summed E-state index contributed by atoms with van der Waals surface area (Å²) in [4.78, 5) is 12.2. The van der Waals surface area contributed by atoms with E-state index in [9.17, 15) is 17.6 Å². The highest BCUT2D eigenvalue weighted by molar-refractivity contribution is 7.99. The summed E-state index contributed by atoms with van der Waals surface area (Å²) < 4.78 is 44.7. The lowest BCUT2D eigenvalue weighted by molar-refractivity contribution is -0.145. The van der Waals surface area contributed by atoms with Gasteiger partial charge in [-0.3, -0.25) is 4.79 Å². The first-order valence-corrected chi connectivity index (χ1v) is 12.2. The fourth-order valence-electron chi connectivity index (χ4n) is 3.21. The molecule has 0 fully saturated rings. The van der Waals surface area contributed by atoms with E-state index in [0.29, 0.717) is 21.0 Å². The molecule has 0 amide bonds. The van der Waals surface area contributed by atoms with Crippen LogP contribution in [0.5, 0.6) is 0 Å². The van der Waals surface area contributed by atoms with Gasteiger partial charge in [0.15, 0.2) is 15.7 Å². The predicted molar refractivity (Wildman–Crippen MR) is 116 cm³/mol.